The third-order valence-corrected chi connectivity index (χ3v) is 3.98. The van der Waals surface area contributed by atoms with E-state index in [2.05, 4.69) is 20.9 Å². The molecule has 0 spiro atoms. The molecule has 1 heterocycles. The van der Waals surface area contributed by atoms with Crippen LogP contribution >= 0.6 is 11.8 Å². The zero-order valence-electron chi connectivity index (χ0n) is 11.7. The monoisotopic (exact) mass is 288 g/mol. The van der Waals surface area contributed by atoms with Gasteiger partial charge in [-0.05, 0) is 18.6 Å². The fourth-order valence-electron chi connectivity index (χ4n) is 1.76. The molecule has 6 nitrogen and oxygen atoms in total. The van der Waals surface area contributed by atoms with E-state index in [1.807, 2.05) is 11.8 Å². The molecular weight excluding hydrogens is 264 g/mol. The van der Waals surface area contributed by atoms with E-state index in [0.717, 1.165) is 12.2 Å². The molecular formula is C12H24N4O2S. The lowest BCUT2D eigenvalue weighted by Crippen LogP contribution is -2.48. The van der Waals surface area contributed by atoms with Gasteiger partial charge < -0.3 is 20.7 Å². The Morgan fingerprint density at radius 1 is 1.47 bits per heavy atom. The lowest BCUT2D eigenvalue weighted by molar-refractivity contribution is -0.120. The number of nitrogens with one attached hydrogen (secondary N) is 3. The highest BCUT2D eigenvalue weighted by atomic mass is 32.2. The van der Waals surface area contributed by atoms with Crippen molar-refractivity contribution in [3.63, 3.8) is 0 Å². The summed E-state index contributed by atoms with van der Waals surface area (Å²) in [6, 6.07) is 0.446. The number of amides is 1. The van der Waals surface area contributed by atoms with Crippen molar-refractivity contribution in [1.82, 2.24) is 16.0 Å². The van der Waals surface area contributed by atoms with Gasteiger partial charge in [0.1, 0.15) is 0 Å². The van der Waals surface area contributed by atoms with Crippen molar-refractivity contribution >= 4 is 23.6 Å². The van der Waals surface area contributed by atoms with Crippen LogP contribution in [0.15, 0.2) is 4.99 Å². The van der Waals surface area contributed by atoms with E-state index in [9.17, 15) is 4.79 Å². The Hall–Kier alpha value is -0.950. The second-order valence-electron chi connectivity index (χ2n) is 4.33. The van der Waals surface area contributed by atoms with E-state index in [-0.39, 0.29) is 12.5 Å². The normalized spacial score (nSPS) is 19.9. The lowest BCUT2D eigenvalue weighted by Gasteiger charge is -2.24. The smallest absolute Gasteiger partial charge is 0.239 e. The molecule has 0 bridgehead atoms. The van der Waals surface area contributed by atoms with Gasteiger partial charge in [-0.15, -0.1) is 0 Å². The van der Waals surface area contributed by atoms with E-state index in [4.69, 9.17) is 4.74 Å². The van der Waals surface area contributed by atoms with Crippen LogP contribution in [0, 0.1) is 0 Å². The maximum atomic E-state index is 11.5. The van der Waals surface area contributed by atoms with Gasteiger partial charge in [0, 0.05) is 32.5 Å². The molecule has 3 N–H and O–H groups in total. The molecule has 0 radical (unpaired) electrons. The van der Waals surface area contributed by atoms with Gasteiger partial charge in [0.25, 0.3) is 0 Å². The molecule has 1 atom stereocenters. The first kappa shape index (κ1) is 16.1. The van der Waals surface area contributed by atoms with Crippen LogP contribution in [0.5, 0.6) is 0 Å². The summed E-state index contributed by atoms with van der Waals surface area (Å²) in [5, 5.41) is 9.12. The van der Waals surface area contributed by atoms with Crippen LogP contribution in [0.25, 0.3) is 0 Å². The Bertz CT molecular complexity index is 293. The van der Waals surface area contributed by atoms with Gasteiger partial charge in [0.15, 0.2) is 5.96 Å². The topological polar surface area (TPSA) is 74.8 Å². The molecule has 1 unspecified atom stereocenters. The number of ether oxygens (including phenoxy) is 1. The van der Waals surface area contributed by atoms with Gasteiger partial charge in [-0.3, -0.25) is 9.79 Å². The summed E-state index contributed by atoms with van der Waals surface area (Å²) in [5.74, 6) is 2.97. The second-order valence-corrected chi connectivity index (χ2v) is 5.48. The van der Waals surface area contributed by atoms with Gasteiger partial charge in [0.05, 0.1) is 13.2 Å². The van der Waals surface area contributed by atoms with Crippen molar-refractivity contribution in [1.29, 1.82) is 0 Å². The van der Waals surface area contributed by atoms with Crippen LogP contribution in [0.4, 0.5) is 0 Å². The molecule has 1 saturated heterocycles. The minimum Gasteiger partial charge on any atom is -0.383 e. The van der Waals surface area contributed by atoms with Gasteiger partial charge in [-0.2, -0.15) is 11.8 Å². The SMILES string of the molecule is CN=C(NCC(=O)NCCOC)NC1CCCSC1. The molecule has 110 valence electrons. The number of nitrogens with zero attached hydrogens (tertiary/aromatic N) is 1. The van der Waals surface area contributed by atoms with E-state index in [1.165, 1.54) is 12.2 Å². The zero-order chi connectivity index (χ0) is 13.9. The van der Waals surface area contributed by atoms with Crippen LogP contribution < -0.4 is 16.0 Å². The average Bonchev–Trinajstić information content (AvgIpc) is 2.45. The summed E-state index contributed by atoms with van der Waals surface area (Å²) in [4.78, 5) is 15.6. The molecule has 1 amide bonds. The summed E-state index contributed by atoms with van der Waals surface area (Å²) in [6.07, 6.45) is 2.39. The standard InChI is InChI=1S/C12H24N4O2S/c1-13-12(16-10-4-3-7-19-9-10)15-8-11(17)14-5-6-18-2/h10H,3-9H2,1-2H3,(H,14,17)(H2,13,15,16). The van der Waals surface area contributed by atoms with Crippen molar-refractivity contribution in [2.75, 3.05) is 45.4 Å². The maximum absolute atomic E-state index is 11.5. The van der Waals surface area contributed by atoms with E-state index in [1.54, 1.807) is 14.2 Å². The molecule has 0 saturated carbocycles. The summed E-state index contributed by atoms with van der Waals surface area (Å²) in [6.45, 7) is 1.28. The Morgan fingerprint density at radius 3 is 2.95 bits per heavy atom. The molecule has 0 aromatic carbocycles. The highest BCUT2D eigenvalue weighted by Crippen LogP contribution is 2.16. The summed E-state index contributed by atoms with van der Waals surface area (Å²) >= 11 is 1.96. The Balaban J connectivity index is 2.19. The number of rotatable bonds is 6. The van der Waals surface area contributed by atoms with Crippen LogP contribution in [-0.2, 0) is 9.53 Å². The van der Waals surface area contributed by atoms with Crippen LogP contribution in [0.3, 0.4) is 0 Å². The largest absolute Gasteiger partial charge is 0.383 e. The third-order valence-electron chi connectivity index (χ3n) is 2.77. The second kappa shape index (κ2) is 9.91. The number of hydrogen-bond donors (Lipinski definition) is 3. The van der Waals surface area contributed by atoms with Gasteiger partial charge in [-0.1, -0.05) is 0 Å². The van der Waals surface area contributed by atoms with Crippen molar-refractivity contribution in [2.24, 2.45) is 4.99 Å². The highest BCUT2D eigenvalue weighted by Gasteiger charge is 2.15. The zero-order valence-corrected chi connectivity index (χ0v) is 12.5. The van der Waals surface area contributed by atoms with E-state index in [0.29, 0.717) is 25.2 Å². The fraction of sp³-hybridized carbons (Fsp3) is 0.833. The van der Waals surface area contributed by atoms with Crippen molar-refractivity contribution in [3.8, 4) is 0 Å². The summed E-state index contributed by atoms with van der Waals surface area (Å²) in [5.41, 5.74) is 0. The number of aliphatic imine (C=N–C) groups is 1. The Morgan fingerprint density at radius 2 is 2.32 bits per heavy atom. The van der Waals surface area contributed by atoms with Gasteiger partial charge in [0.2, 0.25) is 5.91 Å². The Labute approximate surface area is 119 Å². The third kappa shape index (κ3) is 7.27. The summed E-state index contributed by atoms with van der Waals surface area (Å²) in [7, 11) is 3.33. The average molecular weight is 288 g/mol. The molecule has 19 heavy (non-hydrogen) atoms. The van der Waals surface area contributed by atoms with Crippen LogP contribution in [0.2, 0.25) is 0 Å². The molecule has 0 aromatic heterocycles. The number of thioether (sulfide) groups is 1. The minimum atomic E-state index is -0.0574. The first-order valence-electron chi connectivity index (χ1n) is 6.57. The predicted molar refractivity (Wildman–Crippen MR) is 79.7 cm³/mol. The molecule has 1 aliphatic heterocycles. The Kier molecular flexibility index (Phi) is 8.40. The molecule has 1 fully saturated rings. The van der Waals surface area contributed by atoms with Gasteiger partial charge >= 0.3 is 0 Å². The highest BCUT2D eigenvalue weighted by molar-refractivity contribution is 7.99. The molecule has 1 rings (SSSR count). The van der Waals surface area contributed by atoms with Crippen molar-refractivity contribution in [3.05, 3.63) is 0 Å². The number of hydrogen-bond acceptors (Lipinski definition) is 4. The fourth-order valence-corrected chi connectivity index (χ4v) is 2.83. The van der Waals surface area contributed by atoms with Crippen molar-refractivity contribution in [2.45, 2.75) is 18.9 Å². The predicted octanol–water partition coefficient (Wildman–Crippen LogP) is -0.190. The molecule has 0 aliphatic carbocycles. The molecule has 1 aliphatic rings. The number of carbonyl (C=O) groups is 1. The quantitative estimate of drug-likeness (QED) is 0.359. The number of carbonyl (C=O) groups excluding carboxylic acids is 1. The maximum Gasteiger partial charge on any atom is 0.239 e. The van der Waals surface area contributed by atoms with Crippen LogP contribution in [0.1, 0.15) is 12.8 Å². The lowest BCUT2D eigenvalue weighted by atomic mass is 10.2. The van der Waals surface area contributed by atoms with Gasteiger partial charge in [-0.25, -0.2) is 0 Å². The minimum absolute atomic E-state index is 0.0574. The first-order chi connectivity index (χ1) is 9.26. The van der Waals surface area contributed by atoms with E-state index >= 15 is 0 Å². The van der Waals surface area contributed by atoms with Crippen molar-refractivity contribution < 1.29 is 9.53 Å². The summed E-state index contributed by atoms with van der Waals surface area (Å²) < 4.78 is 4.87. The van der Waals surface area contributed by atoms with E-state index < -0.39 is 0 Å². The molecule has 0 aromatic rings. The molecule has 7 heteroatoms. The van der Waals surface area contributed by atoms with Crippen LogP contribution in [-0.4, -0.2) is 63.3 Å². The number of methoxy groups -OCH3 is 1. The first-order valence-corrected chi connectivity index (χ1v) is 7.72. The number of guanidine groups is 1.